The fraction of sp³-hybridized carbons (Fsp3) is 0.750. The van der Waals surface area contributed by atoms with Crippen LogP contribution in [0.2, 0.25) is 0 Å². The Morgan fingerprint density at radius 1 is 1.78 bits per heavy atom. The van der Waals surface area contributed by atoms with Gasteiger partial charge in [-0.2, -0.15) is 12.6 Å². The molecule has 3 N–H and O–H groups in total. The van der Waals surface area contributed by atoms with E-state index in [0.29, 0.717) is 0 Å². The molecular weight excluding hydrogens is 142 g/mol. The van der Waals surface area contributed by atoms with E-state index in [1.54, 1.807) is 0 Å². The van der Waals surface area contributed by atoms with Crippen LogP contribution in [0.1, 0.15) is 0 Å². The van der Waals surface area contributed by atoms with Gasteiger partial charge in [0.05, 0.1) is 18.5 Å². The molecule has 1 unspecified atom stereocenters. The van der Waals surface area contributed by atoms with Crippen LogP contribution in [0.3, 0.4) is 0 Å². The molecule has 5 heteroatoms. The lowest BCUT2D eigenvalue weighted by Crippen LogP contribution is -2.31. The van der Waals surface area contributed by atoms with Crippen molar-refractivity contribution in [3.05, 3.63) is 0 Å². The van der Waals surface area contributed by atoms with Crippen LogP contribution in [0.4, 0.5) is 0 Å². The van der Waals surface area contributed by atoms with Crippen LogP contribution >= 0.6 is 12.6 Å². The summed E-state index contributed by atoms with van der Waals surface area (Å²) in [4.78, 5) is 9.84. The minimum absolute atomic E-state index is 0.170. The summed E-state index contributed by atoms with van der Waals surface area (Å²) in [5.41, 5.74) is 0. The lowest BCUT2D eigenvalue weighted by atomic mass is 10.6. The summed E-state index contributed by atoms with van der Waals surface area (Å²) in [7, 11) is 0. The Morgan fingerprint density at radius 2 is 2.33 bits per heavy atom. The van der Waals surface area contributed by atoms with Gasteiger partial charge in [0.1, 0.15) is 0 Å². The number of aliphatic carboxylic acids is 1. The highest BCUT2D eigenvalue weighted by Crippen LogP contribution is 1.84. The van der Waals surface area contributed by atoms with E-state index in [2.05, 4.69) is 17.9 Å². The van der Waals surface area contributed by atoms with E-state index in [4.69, 9.17) is 10.2 Å². The third-order valence-electron chi connectivity index (χ3n) is 0.662. The summed E-state index contributed by atoms with van der Waals surface area (Å²) in [6.07, 6.45) is 0. The van der Waals surface area contributed by atoms with E-state index in [9.17, 15) is 4.79 Å². The van der Waals surface area contributed by atoms with Gasteiger partial charge in [0, 0.05) is 0 Å². The summed E-state index contributed by atoms with van der Waals surface area (Å²) < 4.78 is 0. The molecule has 0 spiro atoms. The van der Waals surface area contributed by atoms with Gasteiger partial charge in [0.2, 0.25) is 0 Å². The van der Waals surface area contributed by atoms with Gasteiger partial charge in [-0.15, -0.1) is 0 Å². The van der Waals surface area contributed by atoms with E-state index in [-0.39, 0.29) is 13.2 Å². The smallest absolute Gasteiger partial charge is 0.317 e. The zero-order chi connectivity index (χ0) is 7.28. The Balaban J connectivity index is 3.16. The molecule has 0 fully saturated rings. The normalized spacial score (nSPS) is 13.1. The molecule has 0 aliphatic rings. The van der Waals surface area contributed by atoms with Crippen molar-refractivity contribution in [3.8, 4) is 0 Å². The Morgan fingerprint density at radius 3 is 2.67 bits per heavy atom. The van der Waals surface area contributed by atoms with Crippen LogP contribution in [0.15, 0.2) is 0 Å². The van der Waals surface area contributed by atoms with Gasteiger partial charge in [0.25, 0.3) is 0 Å². The summed E-state index contributed by atoms with van der Waals surface area (Å²) in [6, 6.07) is 0. The first-order valence-corrected chi connectivity index (χ1v) is 2.92. The topological polar surface area (TPSA) is 69.6 Å². The number of thiol groups is 1. The van der Waals surface area contributed by atoms with Gasteiger partial charge in [-0.25, -0.2) is 0 Å². The molecule has 0 rings (SSSR count). The molecular formula is C4H9NO3S. The van der Waals surface area contributed by atoms with E-state index >= 15 is 0 Å². The molecule has 0 aromatic rings. The number of carbonyl (C=O) groups is 1. The lowest BCUT2D eigenvalue weighted by Gasteiger charge is -2.05. The SMILES string of the molecule is O=C(O)CNC(S)CO. The van der Waals surface area contributed by atoms with Crippen LogP contribution in [-0.2, 0) is 4.79 Å². The van der Waals surface area contributed by atoms with Crippen molar-refractivity contribution in [2.24, 2.45) is 0 Å². The van der Waals surface area contributed by atoms with Crippen molar-refractivity contribution in [3.63, 3.8) is 0 Å². The number of aliphatic hydroxyl groups is 1. The predicted molar refractivity (Wildman–Crippen MR) is 35.5 cm³/mol. The highest BCUT2D eigenvalue weighted by Gasteiger charge is 2.00. The maximum atomic E-state index is 9.84. The average Bonchev–Trinajstić information content (AvgIpc) is 1.83. The molecule has 0 amide bonds. The highest BCUT2D eigenvalue weighted by molar-refractivity contribution is 7.80. The first kappa shape index (κ1) is 8.74. The number of rotatable bonds is 4. The van der Waals surface area contributed by atoms with Gasteiger partial charge >= 0.3 is 5.97 Å². The third-order valence-corrected chi connectivity index (χ3v) is 1.01. The third kappa shape index (κ3) is 5.61. The molecule has 0 aromatic carbocycles. The number of carboxylic acid groups (broad SMARTS) is 1. The largest absolute Gasteiger partial charge is 0.480 e. The van der Waals surface area contributed by atoms with E-state index in [1.807, 2.05) is 0 Å². The van der Waals surface area contributed by atoms with Crippen LogP contribution in [0, 0.1) is 0 Å². The molecule has 0 bridgehead atoms. The highest BCUT2D eigenvalue weighted by atomic mass is 32.1. The molecule has 0 saturated heterocycles. The number of hydrogen-bond acceptors (Lipinski definition) is 4. The number of hydrogen-bond donors (Lipinski definition) is 4. The Labute approximate surface area is 58.3 Å². The standard InChI is InChI=1S/C4H9NO3S/c6-2-3(9)5-1-4(7)8/h3,5-6,9H,1-2H2,(H,7,8). The summed E-state index contributed by atoms with van der Waals surface area (Å²) in [5.74, 6) is -0.956. The molecule has 0 radical (unpaired) electrons. The zero-order valence-corrected chi connectivity index (χ0v) is 5.64. The van der Waals surface area contributed by atoms with Gasteiger partial charge in [-0.3, -0.25) is 10.1 Å². The Bertz CT molecular complexity index is 97.8. The van der Waals surface area contributed by atoms with E-state index in [1.165, 1.54) is 0 Å². The second-order valence-corrected chi connectivity index (χ2v) is 2.10. The summed E-state index contributed by atoms with van der Waals surface area (Å²) in [5, 5.41) is 18.4. The fourth-order valence-electron chi connectivity index (χ4n) is 0.270. The van der Waals surface area contributed by atoms with Gasteiger partial charge < -0.3 is 10.2 Å². The van der Waals surface area contributed by atoms with Crippen LogP contribution in [-0.4, -0.2) is 34.7 Å². The quantitative estimate of drug-likeness (QED) is 0.304. The minimum Gasteiger partial charge on any atom is -0.480 e. The van der Waals surface area contributed by atoms with Crippen LogP contribution in [0.25, 0.3) is 0 Å². The van der Waals surface area contributed by atoms with Crippen molar-refractivity contribution >= 4 is 18.6 Å². The monoisotopic (exact) mass is 151 g/mol. The molecule has 0 heterocycles. The molecule has 4 nitrogen and oxygen atoms in total. The van der Waals surface area contributed by atoms with Crippen molar-refractivity contribution in [2.45, 2.75) is 5.37 Å². The second-order valence-electron chi connectivity index (χ2n) is 1.47. The van der Waals surface area contributed by atoms with Gasteiger partial charge in [-0.1, -0.05) is 0 Å². The zero-order valence-electron chi connectivity index (χ0n) is 4.74. The number of carboxylic acids is 1. The molecule has 9 heavy (non-hydrogen) atoms. The van der Waals surface area contributed by atoms with Crippen molar-refractivity contribution in [1.82, 2.24) is 5.32 Å². The molecule has 0 saturated carbocycles. The summed E-state index contributed by atoms with van der Waals surface area (Å²) >= 11 is 3.78. The van der Waals surface area contributed by atoms with Crippen molar-refractivity contribution < 1.29 is 15.0 Å². The van der Waals surface area contributed by atoms with Gasteiger partial charge in [-0.05, 0) is 0 Å². The molecule has 1 atom stereocenters. The first-order chi connectivity index (χ1) is 4.16. The number of nitrogens with one attached hydrogen (secondary N) is 1. The number of aliphatic hydroxyl groups excluding tert-OH is 1. The minimum atomic E-state index is -0.956. The van der Waals surface area contributed by atoms with Crippen LogP contribution < -0.4 is 5.32 Å². The average molecular weight is 151 g/mol. The van der Waals surface area contributed by atoms with Gasteiger partial charge in [0.15, 0.2) is 0 Å². The first-order valence-electron chi connectivity index (χ1n) is 2.41. The Hall–Kier alpha value is -0.260. The maximum Gasteiger partial charge on any atom is 0.317 e. The summed E-state index contributed by atoms with van der Waals surface area (Å²) in [6.45, 7) is -0.342. The van der Waals surface area contributed by atoms with Crippen molar-refractivity contribution in [1.29, 1.82) is 0 Å². The van der Waals surface area contributed by atoms with E-state index < -0.39 is 11.3 Å². The Kier molecular flexibility index (Phi) is 4.47. The van der Waals surface area contributed by atoms with E-state index in [0.717, 1.165) is 0 Å². The predicted octanol–water partition coefficient (Wildman–Crippen LogP) is -1.09. The van der Waals surface area contributed by atoms with Crippen LogP contribution in [0.5, 0.6) is 0 Å². The molecule has 0 aliphatic heterocycles. The lowest BCUT2D eigenvalue weighted by molar-refractivity contribution is -0.136. The molecule has 0 aromatic heterocycles. The molecule has 54 valence electrons. The van der Waals surface area contributed by atoms with Crippen molar-refractivity contribution in [2.75, 3.05) is 13.2 Å². The fourth-order valence-corrected chi connectivity index (χ4v) is 0.361. The second kappa shape index (κ2) is 4.60. The maximum absolute atomic E-state index is 9.84. The molecule has 0 aliphatic carbocycles.